The molecule has 0 bridgehead atoms. The van der Waals surface area contributed by atoms with Crippen molar-refractivity contribution in [1.29, 1.82) is 0 Å². The number of hydrogen-bond donors (Lipinski definition) is 0. The molecule has 0 heterocycles. The minimum atomic E-state index is -5.12. The second kappa shape index (κ2) is 9.60. The third-order valence-electron chi connectivity index (χ3n) is 4.22. The maximum absolute atomic E-state index is 13.3. The Morgan fingerprint density at radius 1 is 0.844 bits per heavy atom. The summed E-state index contributed by atoms with van der Waals surface area (Å²) in [4.78, 5) is 4.85. The monoisotopic (exact) mass is 491 g/mol. The van der Waals surface area contributed by atoms with Gasteiger partial charge in [0.15, 0.2) is 0 Å². The van der Waals surface area contributed by atoms with Crippen LogP contribution in [0.25, 0.3) is 0 Å². The topological polar surface area (TPSA) is 21.6 Å². The smallest absolute Gasteiger partial charge is 0.391 e. The highest BCUT2D eigenvalue weighted by Crippen LogP contribution is 2.38. The van der Waals surface area contributed by atoms with Gasteiger partial charge in [0.25, 0.3) is 0 Å². The molecule has 0 spiro atoms. The Balaban J connectivity index is 2.41. The van der Waals surface area contributed by atoms with Gasteiger partial charge in [-0.25, -0.2) is 0 Å². The lowest BCUT2D eigenvalue weighted by atomic mass is 9.99. The summed E-state index contributed by atoms with van der Waals surface area (Å²) in [6, 6.07) is 3.73. The zero-order chi connectivity index (χ0) is 24.3. The number of alkyl halides is 9. The van der Waals surface area contributed by atoms with Gasteiger partial charge in [-0.3, -0.25) is 0 Å². The number of halogens is 10. The normalized spacial score (nSPS) is 13.4. The first kappa shape index (κ1) is 25.8. The molecule has 2 aromatic carbocycles. The summed E-state index contributed by atoms with van der Waals surface area (Å²) >= 11 is 5.78. The fourth-order valence-electron chi connectivity index (χ4n) is 2.79. The van der Waals surface area contributed by atoms with Crippen molar-refractivity contribution in [2.75, 3.05) is 0 Å². The van der Waals surface area contributed by atoms with Crippen molar-refractivity contribution in [3.63, 3.8) is 0 Å². The van der Waals surface area contributed by atoms with Crippen molar-refractivity contribution in [2.24, 2.45) is 5.16 Å². The Hall–Kier alpha value is -2.43. The number of nitrogens with zero attached hydrogens (tertiary/aromatic N) is 1. The molecule has 176 valence electrons. The third-order valence-corrected chi connectivity index (χ3v) is 4.46. The SMILES string of the molecule is CCC/C(=N\OCc1ccc(C(F)(F)F)cc1C(F)(F)F)c1cc(Cl)ccc1C(F)(F)F. The molecule has 2 rings (SSSR count). The highest BCUT2D eigenvalue weighted by molar-refractivity contribution is 6.31. The quantitative estimate of drug-likeness (QED) is 0.227. The lowest BCUT2D eigenvalue weighted by Gasteiger charge is -2.16. The predicted molar refractivity (Wildman–Crippen MR) is 99.1 cm³/mol. The van der Waals surface area contributed by atoms with Gasteiger partial charge >= 0.3 is 18.5 Å². The van der Waals surface area contributed by atoms with Crippen LogP contribution in [0.1, 0.15) is 47.6 Å². The minimum Gasteiger partial charge on any atom is -0.391 e. The van der Waals surface area contributed by atoms with Crippen LogP contribution in [0.2, 0.25) is 5.02 Å². The zero-order valence-corrected chi connectivity index (χ0v) is 17.0. The molecule has 0 saturated carbocycles. The van der Waals surface area contributed by atoms with Gasteiger partial charge in [-0.1, -0.05) is 36.2 Å². The van der Waals surface area contributed by atoms with Crippen LogP contribution < -0.4 is 0 Å². The molecule has 0 aromatic heterocycles. The molecule has 0 aliphatic heterocycles. The lowest BCUT2D eigenvalue weighted by molar-refractivity contribution is -0.144. The molecule has 0 aliphatic rings. The summed E-state index contributed by atoms with van der Waals surface area (Å²) in [5, 5.41) is 3.53. The Kier molecular flexibility index (Phi) is 7.75. The molecule has 2 aromatic rings. The van der Waals surface area contributed by atoms with Gasteiger partial charge < -0.3 is 4.84 Å². The largest absolute Gasteiger partial charge is 0.417 e. The first-order chi connectivity index (χ1) is 14.6. The molecule has 32 heavy (non-hydrogen) atoms. The molecule has 0 unspecified atom stereocenters. The number of rotatable bonds is 6. The molecule has 2 nitrogen and oxygen atoms in total. The van der Waals surface area contributed by atoms with Gasteiger partial charge in [-0.05, 0) is 36.8 Å². The first-order valence-corrected chi connectivity index (χ1v) is 9.35. The Bertz CT molecular complexity index is 979. The van der Waals surface area contributed by atoms with Crippen LogP contribution in [-0.2, 0) is 30.0 Å². The number of hydrogen-bond acceptors (Lipinski definition) is 2. The molecular weight excluding hydrogens is 477 g/mol. The molecular formula is C20H15ClF9NO. The van der Waals surface area contributed by atoms with Gasteiger partial charge in [-0.2, -0.15) is 39.5 Å². The van der Waals surface area contributed by atoms with E-state index < -0.39 is 53.0 Å². The van der Waals surface area contributed by atoms with Crippen LogP contribution in [0, 0.1) is 0 Å². The van der Waals surface area contributed by atoms with E-state index in [9.17, 15) is 39.5 Å². The van der Waals surface area contributed by atoms with Crippen LogP contribution in [0.5, 0.6) is 0 Å². The molecule has 0 fully saturated rings. The van der Waals surface area contributed by atoms with Crippen LogP contribution in [0.15, 0.2) is 41.6 Å². The van der Waals surface area contributed by atoms with E-state index in [0.717, 1.165) is 18.2 Å². The average molecular weight is 492 g/mol. The van der Waals surface area contributed by atoms with E-state index in [1.54, 1.807) is 6.92 Å². The van der Waals surface area contributed by atoms with Crippen molar-refractivity contribution in [3.05, 3.63) is 69.2 Å². The second-order valence-electron chi connectivity index (χ2n) is 6.62. The van der Waals surface area contributed by atoms with E-state index in [1.165, 1.54) is 0 Å². The predicted octanol–water partition coefficient (Wildman–Crippen LogP) is 8.12. The Labute approximate surface area is 181 Å². The van der Waals surface area contributed by atoms with Crippen molar-refractivity contribution in [2.45, 2.75) is 44.9 Å². The maximum atomic E-state index is 13.3. The van der Waals surface area contributed by atoms with Crippen molar-refractivity contribution >= 4 is 17.3 Å². The van der Waals surface area contributed by atoms with Crippen LogP contribution in [0.3, 0.4) is 0 Å². The molecule has 0 aliphatic carbocycles. The van der Waals surface area contributed by atoms with Gasteiger partial charge in [0.1, 0.15) is 6.61 Å². The van der Waals surface area contributed by atoms with E-state index in [2.05, 4.69) is 5.16 Å². The lowest BCUT2D eigenvalue weighted by Crippen LogP contribution is -2.15. The zero-order valence-electron chi connectivity index (χ0n) is 16.2. The minimum absolute atomic E-state index is 0.0252. The van der Waals surface area contributed by atoms with Crippen LogP contribution in [-0.4, -0.2) is 5.71 Å². The van der Waals surface area contributed by atoms with Crippen LogP contribution in [0.4, 0.5) is 39.5 Å². The summed E-state index contributed by atoms with van der Waals surface area (Å²) in [6.07, 6.45) is -14.6. The molecule has 0 amide bonds. The molecule has 0 radical (unpaired) electrons. The fraction of sp³-hybridized carbons (Fsp3) is 0.350. The van der Waals surface area contributed by atoms with E-state index in [4.69, 9.17) is 16.4 Å². The van der Waals surface area contributed by atoms with Gasteiger partial charge in [0.2, 0.25) is 0 Å². The maximum Gasteiger partial charge on any atom is 0.417 e. The van der Waals surface area contributed by atoms with Gasteiger partial charge in [0.05, 0.1) is 22.4 Å². The van der Waals surface area contributed by atoms with Crippen molar-refractivity contribution < 1.29 is 44.4 Å². The highest BCUT2D eigenvalue weighted by Gasteiger charge is 2.38. The van der Waals surface area contributed by atoms with Crippen molar-refractivity contribution in [3.8, 4) is 0 Å². The summed E-state index contributed by atoms with van der Waals surface area (Å²) in [5.41, 5.74) is -5.44. The van der Waals surface area contributed by atoms with E-state index in [0.29, 0.717) is 18.6 Å². The standard InChI is InChI=1S/C20H15ClF9NO/c1-2-3-17(14-9-13(21)6-7-15(14)19(25,26)27)31-32-10-11-4-5-12(18(22,23)24)8-16(11)20(28,29)30/h4-9H,2-3,10H2,1H3/b31-17+. The highest BCUT2D eigenvalue weighted by atomic mass is 35.5. The van der Waals surface area contributed by atoms with Gasteiger partial charge in [0, 0.05) is 16.1 Å². The fourth-order valence-corrected chi connectivity index (χ4v) is 2.96. The second-order valence-corrected chi connectivity index (χ2v) is 7.05. The number of benzene rings is 2. The van der Waals surface area contributed by atoms with Gasteiger partial charge in [-0.15, -0.1) is 0 Å². The summed E-state index contributed by atoms with van der Waals surface area (Å²) in [5.74, 6) is 0. The summed E-state index contributed by atoms with van der Waals surface area (Å²) < 4.78 is 118. The third kappa shape index (κ3) is 6.54. The Morgan fingerprint density at radius 2 is 1.47 bits per heavy atom. The van der Waals surface area contributed by atoms with E-state index >= 15 is 0 Å². The Morgan fingerprint density at radius 3 is 2.00 bits per heavy atom. The average Bonchev–Trinajstić information content (AvgIpc) is 2.64. The van der Waals surface area contributed by atoms with E-state index in [1.807, 2.05) is 0 Å². The van der Waals surface area contributed by atoms with Crippen LogP contribution >= 0.6 is 11.6 Å². The summed E-state index contributed by atoms with van der Waals surface area (Å²) in [7, 11) is 0. The summed E-state index contributed by atoms with van der Waals surface area (Å²) in [6.45, 7) is 0.715. The number of oxime groups is 1. The molecule has 0 N–H and O–H groups in total. The molecule has 0 atom stereocenters. The molecule has 0 saturated heterocycles. The molecule has 12 heteroatoms. The van der Waals surface area contributed by atoms with E-state index in [-0.39, 0.29) is 23.2 Å². The van der Waals surface area contributed by atoms with Crippen molar-refractivity contribution in [1.82, 2.24) is 0 Å². The first-order valence-electron chi connectivity index (χ1n) is 8.97.